The van der Waals surface area contributed by atoms with Crippen molar-refractivity contribution < 1.29 is 19.0 Å². The Bertz CT molecular complexity index is 947. The zero-order chi connectivity index (χ0) is 19.4. The van der Waals surface area contributed by atoms with Gasteiger partial charge in [0.2, 0.25) is 0 Å². The van der Waals surface area contributed by atoms with Gasteiger partial charge in [0, 0.05) is 10.9 Å². The molecule has 0 unspecified atom stereocenters. The highest BCUT2D eigenvalue weighted by Crippen LogP contribution is 2.31. The van der Waals surface area contributed by atoms with Crippen molar-refractivity contribution in [1.82, 2.24) is 4.98 Å². The third-order valence-corrected chi connectivity index (χ3v) is 5.10. The Balaban J connectivity index is 1.71. The van der Waals surface area contributed by atoms with E-state index in [0.717, 1.165) is 21.7 Å². The van der Waals surface area contributed by atoms with Crippen LogP contribution in [0.1, 0.15) is 27.2 Å². The molecular formula is C21H21NO4S. The minimum atomic E-state index is -0.446. The van der Waals surface area contributed by atoms with Crippen molar-refractivity contribution in [3.63, 3.8) is 0 Å². The summed E-state index contributed by atoms with van der Waals surface area (Å²) in [5, 5.41) is 2.52. The van der Waals surface area contributed by atoms with Gasteiger partial charge in [0.25, 0.3) is 0 Å². The Hall–Kier alpha value is -2.86. The summed E-state index contributed by atoms with van der Waals surface area (Å²) in [4.78, 5) is 16.8. The first-order valence-electron chi connectivity index (χ1n) is 8.43. The molecule has 0 aliphatic rings. The van der Waals surface area contributed by atoms with Gasteiger partial charge >= 0.3 is 5.97 Å². The van der Waals surface area contributed by atoms with Gasteiger partial charge in [0.05, 0.1) is 14.2 Å². The van der Waals surface area contributed by atoms with E-state index in [1.807, 2.05) is 50.2 Å². The van der Waals surface area contributed by atoms with Crippen molar-refractivity contribution in [2.24, 2.45) is 0 Å². The van der Waals surface area contributed by atoms with Crippen molar-refractivity contribution in [2.75, 3.05) is 14.2 Å². The summed E-state index contributed by atoms with van der Waals surface area (Å²) in [6.45, 7) is 4.11. The Morgan fingerprint density at radius 2 is 1.70 bits per heavy atom. The largest absolute Gasteiger partial charge is 0.493 e. The van der Waals surface area contributed by atoms with Gasteiger partial charge in [-0.25, -0.2) is 9.78 Å². The predicted octanol–water partition coefficient (Wildman–Crippen LogP) is 4.80. The van der Waals surface area contributed by atoms with E-state index < -0.39 is 5.97 Å². The Morgan fingerprint density at radius 1 is 1.04 bits per heavy atom. The van der Waals surface area contributed by atoms with Crippen molar-refractivity contribution >= 4 is 17.3 Å². The smallest absolute Gasteiger partial charge is 0.358 e. The van der Waals surface area contributed by atoms with Crippen LogP contribution in [0.2, 0.25) is 0 Å². The number of carbonyl (C=O) groups excluding carboxylic acids is 1. The molecule has 0 saturated heterocycles. The van der Waals surface area contributed by atoms with Crippen molar-refractivity contribution in [3.05, 3.63) is 64.2 Å². The van der Waals surface area contributed by atoms with Gasteiger partial charge in [-0.1, -0.05) is 29.8 Å². The van der Waals surface area contributed by atoms with Gasteiger partial charge in [0.1, 0.15) is 11.6 Å². The SMILES string of the molecule is COc1cc(C)c(COC(=O)c2csc(-c3ccc(C)cc3)n2)cc1OC. The van der Waals surface area contributed by atoms with Crippen LogP contribution < -0.4 is 9.47 Å². The molecule has 0 fully saturated rings. The molecule has 0 atom stereocenters. The first-order chi connectivity index (χ1) is 13.0. The van der Waals surface area contributed by atoms with Crippen molar-refractivity contribution in [2.45, 2.75) is 20.5 Å². The summed E-state index contributed by atoms with van der Waals surface area (Å²) in [5.74, 6) is 0.801. The number of rotatable bonds is 6. The van der Waals surface area contributed by atoms with Crippen LogP contribution in [0.4, 0.5) is 0 Å². The molecule has 0 amide bonds. The molecule has 1 heterocycles. The minimum Gasteiger partial charge on any atom is -0.493 e. The quantitative estimate of drug-likeness (QED) is 0.572. The lowest BCUT2D eigenvalue weighted by Crippen LogP contribution is -2.07. The first-order valence-corrected chi connectivity index (χ1v) is 9.31. The molecular weight excluding hydrogens is 362 g/mol. The summed E-state index contributed by atoms with van der Waals surface area (Å²) < 4.78 is 16.0. The number of nitrogens with zero attached hydrogens (tertiary/aromatic N) is 1. The molecule has 0 aliphatic heterocycles. The Labute approximate surface area is 162 Å². The molecule has 0 bridgehead atoms. The summed E-state index contributed by atoms with van der Waals surface area (Å²) in [7, 11) is 3.16. The van der Waals surface area contributed by atoms with E-state index in [1.165, 1.54) is 16.9 Å². The van der Waals surface area contributed by atoms with E-state index in [0.29, 0.717) is 17.2 Å². The molecule has 0 spiro atoms. The lowest BCUT2D eigenvalue weighted by molar-refractivity contribution is 0.0466. The Kier molecular flexibility index (Phi) is 5.76. The van der Waals surface area contributed by atoms with Gasteiger partial charge in [-0.05, 0) is 37.1 Å². The molecule has 3 aromatic rings. The normalized spacial score (nSPS) is 10.5. The highest BCUT2D eigenvalue weighted by Gasteiger charge is 2.15. The fraction of sp³-hybridized carbons (Fsp3) is 0.238. The van der Waals surface area contributed by atoms with E-state index >= 15 is 0 Å². The number of hydrogen-bond acceptors (Lipinski definition) is 6. The van der Waals surface area contributed by atoms with Crippen LogP contribution in [0.15, 0.2) is 41.8 Å². The maximum atomic E-state index is 12.4. The molecule has 140 valence electrons. The Morgan fingerprint density at radius 3 is 2.37 bits per heavy atom. The number of methoxy groups -OCH3 is 2. The number of ether oxygens (including phenoxy) is 3. The zero-order valence-corrected chi connectivity index (χ0v) is 16.6. The summed E-state index contributed by atoms with van der Waals surface area (Å²) in [6.07, 6.45) is 0. The summed E-state index contributed by atoms with van der Waals surface area (Å²) >= 11 is 1.42. The monoisotopic (exact) mass is 383 g/mol. The second-order valence-corrected chi connectivity index (χ2v) is 6.97. The van der Waals surface area contributed by atoms with Crippen LogP contribution >= 0.6 is 11.3 Å². The van der Waals surface area contributed by atoms with Gasteiger partial charge in [-0.15, -0.1) is 11.3 Å². The topological polar surface area (TPSA) is 57.7 Å². The molecule has 0 aliphatic carbocycles. The van der Waals surface area contributed by atoms with Crippen molar-refractivity contribution in [3.8, 4) is 22.1 Å². The van der Waals surface area contributed by atoms with Crippen LogP contribution in [-0.2, 0) is 11.3 Å². The van der Waals surface area contributed by atoms with E-state index in [9.17, 15) is 4.79 Å². The number of aromatic nitrogens is 1. The number of carbonyl (C=O) groups is 1. The molecule has 0 saturated carbocycles. The third-order valence-electron chi connectivity index (χ3n) is 4.21. The van der Waals surface area contributed by atoms with Gasteiger partial charge < -0.3 is 14.2 Å². The van der Waals surface area contributed by atoms with Gasteiger partial charge in [0.15, 0.2) is 17.2 Å². The number of hydrogen-bond donors (Lipinski definition) is 0. The molecule has 3 rings (SSSR count). The van der Waals surface area contributed by atoms with E-state index in [4.69, 9.17) is 14.2 Å². The second kappa shape index (κ2) is 8.22. The minimum absolute atomic E-state index is 0.141. The third kappa shape index (κ3) is 4.28. The average Bonchev–Trinajstić information content (AvgIpc) is 3.17. The highest BCUT2D eigenvalue weighted by atomic mass is 32.1. The summed E-state index contributed by atoms with van der Waals surface area (Å²) in [6, 6.07) is 11.7. The number of esters is 1. The second-order valence-electron chi connectivity index (χ2n) is 6.11. The fourth-order valence-electron chi connectivity index (χ4n) is 2.59. The number of thiazole rings is 1. The maximum Gasteiger partial charge on any atom is 0.358 e. The van der Waals surface area contributed by atoms with Crippen LogP contribution in [0.3, 0.4) is 0 Å². The highest BCUT2D eigenvalue weighted by molar-refractivity contribution is 7.13. The lowest BCUT2D eigenvalue weighted by Gasteiger charge is -2.12. The number of benzene rings is 2. The van der Waals surface area contributed by atoms with Crippen LogP contribution in [0.5, 0.6) is 11.5 Å². The van der Waals surface area contributed by atoms with Crippen molar-refractivity contribution in [1.29, 1.82) is 0 Å². The molecule has 0 radical (unpaired) electrons. The molecule has 5 nitrogen and oxygen atoms in total. The standard InChI is InChI=1S/C21H21NO4S/c1-13-5-7-15(8-6-13)20-22-17(12-27-20)21(23)26-11-16-10-19(25-4)18(24-3)9-14(16)2/h5-10,12H,11H2,1-4H3. The first kappa shape index (κ1) is 18.9. The lowest BCUT2D eigenvalue weighted by atomic mass is 10.1. The molecule has 6 heteroatoms. The van der Waals surface area contributed by atoms with E-state index in [-0.39, 0.29) is 6.61 Å². The molecule has 27 heavy (non-hydrogen) atoms. The van der Waals surface area contributed by atoms with Crippen LogP contribution in [0, 0.1) is 13.8 Å². The molecule has 0 N–H and O–H groups in total. The number of aryl methyl sites for hydroxylation is 2. The van der Waals surface area contributed by atoms with Crippen LogP contribution in [-0.4, -0.2) is 25.2 Å². The predicted molar refractivity (Wildman–Crippen MR) is 106 cm³/mol. The molecule has 1 aromatic heterocycles. The van der Waals surface area contributed by atoms with Gasteiger partial charge in [-0.3, -0.25) is 0 Å². The fourth-order valence-corrected chi connectivity index (χ4v) is 3.39. The van der Waals surface area contributed by atoms with Crippen LogP contribution in [0.25, 0.3) is 10.6 Å². The van der Waals surface area contributed by atoms with Gasteiger partial charge in [-0.2, -0.15) is 0 Å². The van der Waals surface area contributed by atoms with E-state index in [1.54, 1.807) is 19.6 Å². The zero-order valence-electron chi connectivity index (χ0n) is 15.7. The summed E-state index contributed by atoms with van der Waals surface area (Å²) in [5.41, 5.74) is 4.29. The van der Waals surface area contributed by atoms with E-state index in [2.05, 4.69) is 4.98 Å². The maximum absolute atomic E-state index is 12.4. The molecule has 2 aromatic carbocycles. The average molecular weight is 383 g/mol.